The Bertz CT molecular complexity index is 636. The van der Waals surface area contributed by atoms with Crippen molar-refractivity contribution in [3.05, 3.63) is 50.6 Å². The lowest BCUT2D eigenvalue weighted by Gasteiger charge is -1.93. The summed E-state index contributed by atoms with van der Waals surface area (Å²) >= 11 is 1.37. The molecule has 0 fully saturated rings. The molecule has 0 saturated heterocycles. The van der Waals surface area contributed by atoms with Gasteiger partial charge in [-0.3, -0.25) is 9.59 Å². The van der Waals surface area contributed by atoms with Crippen LogP contribution in [0.25, 0.3) is 0 Å². The van der Waals surface area contributed by atoms with Gasteiger partial charge >= 0.3 is 0 Å². The Labute approximate surface area is 94.7 Å². The number of rotatable bonds is 1. The van der Waals surface area contributed by atoms with Gasteiger partial charge < -0.3 is 9.55 Å². The molecule has 16 heavy (non-hydrogen) atoms. The molecule has 0 spiro atoms. The molecule has 2 aromatic heterocycles. The molecule has 5 nitrogen and oxygen atoms in total. The van der Waals surface area contributed by atoms with Crippen LogP contribution in [-0.4, -0.2) is 15.5 Å². The molecule has 1 amide bonds. The van der Waals surface area contributed by atoms with Crippen molar-refractivity contribution in [2.45, 2.75) is 0 Å². The Hall–Kier alpha value is -1.95. The van der Waals surface area contributed by atoms with E-state index >= 15 is 0 Å². The topological polar surface area (TPSA) is 67.2 Å². The summed E-state index contributed by atoms with van der Waals surface area (Å²) in [6, 6.07) is 2.76. The minimum Gasteiger partial charge on any atom is -0.329 e. The molecule has 0 radical (unpaired) electrons. The van der Waals surface area contributed by atoms with Crippen LogP contribution in [0.5, 0.6) is 0 Å². The largest absolute Gasteiger partial charge is 0.329 e. The standard InChI is InChI=1S/C10H9N3O2S/c1-13-4-5-16-10(13)12-9(15)7-2-3-11-8(14)6-7/h2-6H,1H3,(H,11,14). The molecule has 0 aliphatic rings. The van der Waals surface area contributed by atoms with E-state index in [4.69, 9.17) is 0 Å². The monoisotopic (exact) mass is 235 g/mol. The van der Waals surface area contributed by atoms with Gasteiger partial charge in [-0.25, -0.2) is 0 Å². The van der Waals surface area contributed by atoms with E-state index in [1.807, 2.05) is 11.6 Å². The Kier molecular flexibility index (Phi) is 2.82. The van der Waals surface area contributed by atoms with Gasteiger partial charge in [0, 0.05) is 36.5 Å². The van der Waals surface area contributed by atoms with Crippen LogP contribution in [0, 0.1) is 0 Å². The first kappa shape index (κ1) is 10.6. The lowest BCUT2D eigenvalue weighted by atomic mass is 10.2. The summed E-state index contributed by atoms with van der Waals surface area (Å²) < 4.78 is 1.75. The fourth-order valence-corrected chi connectivity index (χ4v) is 1.89. The van der Waals surface area contributed by atoms with Gasteiger partial charge in [-0.1, -0.05) is 0 Å². The second kappa shape index (κ2) is 4.28. The second-order valence-corrected chi connectivity index (χ2v) is 4.03. The SMILES string of the molecule is Cn1ccsc1=NC(=O)c1cc[nH]c(=O)c1. The summed E-state index contributed by atoms with van der Waals surface area (Å²) in [5.41, 5.74) is -0.0197. The van der Waals surface area contributed by atoms with E-state index in [1.54, 1.807) is 11.6 Å². The van der Waals surface area contributed by atoms with Gasteiger partial charge in [0.05, 0.1) is 0 Å². The Morgan fingerprint density at radius 3 is 3.00 bits per heavy atom. The van der Waals surface area contributed by atoms with Gasteiger partial charge in [-0.2, -0.15) is 4.99 Å². The molecular weight excluding hydrogens is 226 g/mol. The predicted molar refractivity (Wildman–Crippen MR) is 60.2 cm³/mol. The number of aryl methyl sites for hydroxylation is 1. The summed E-state index contributed by atoms with van der Waals surface area (Å²) in [7, 11) is 1.81. The molecule has 2 aromatic rings. The smallest absolute Gasteiger partial charge is 0.279 e. The quantitative estimate of drug-likeness (QED) is 0.782. The second-order valence-electron chi connectivity index (χ2n) is 3.16. The maximum Gasteiger partial charge on any atom is 0.279 e. The van der Waals surface area contributed by atoms with Crippen molar-refractivity contribution in [3.63, 3.8) is 0 Å². The van der Waals surface area contributed by atoms with Crippen molar-refractivity contribution < 1.29 is 4.79 Å². The van der Waals surface area contributed by atoms with Crippen molar-refractivity contribution in [3.8, 4) is 0 Å². The lowest BCUT2D eigenvalue weighted by Crippen LogP contribution is -2.14. The lowest BCUT2D eigenvalue weighted by molar-refractivity contribution is 0.0997. The average Bonchev–Trinajstić information content (AvgIpc) is 2.64. The van der Waals surface area contributed by atoms with Crippen LogP contribution in [0.15, 0.2) is 39.7 Å². The maximum absolute atomic E-state index is 11.7. The van der Waals surface area contributed by atoms with Crippen molar-refractivity contribution in [2.75, 3.05) is 0 Å². The number of pyridine rings is 1. The number of H-pyrrole nitrogens is 1. The van der Waals surface area contributed by atoms with E-state index in [1.165, 1.54) is 29.7 Å². The average molecular weight is 235 g/mol. The summed E-state index contributed by atoms with van der Waals surface area (Å²) in [6.45, 7) is 0. The summed E-state index contributed by atoms with van der Waals surface area (Å²) in [4.78, 5) is 29.7. The molecular formula is C10H9N3O2S. The van der Waals surface area contributed by atoms with E-state index in [-0.39, 0.29) is 11.1 Å². The highest BCUT2D eigenvalue weighted by Crippen LogP contribution is 1.96. The zero-order valence-corrected chi connectivity index (χ0v) is 9.32. The van der Waals surface area contributed by atoms with Gasteiger partial charge in [-0.05, 0) is 6.07 Å². The molecule has 0 saturated carbocycles. The van der Waals surface area contributed by atoms with E-state index in [0.29, 0.717) is 4.80 Å². The van der Waals surface area contributed by atoms with Gasteiger partial charge in [0.15, 0.2) is 4.80 Å². The molecule has 2 rings (SSSR count). The Morgan fingerprint density at radius 1 is 1.56 bits per heavy atom. The molecule has 0 bridgehead atoms. The predicted octanol–water partition coefficient (Wildman–Crippen LogP) is 0.516. The van der Waals surface area contributed by atoms with Gasteiger partial charge in [-0.15, -0.1) is 11.3 Å². The zero-order chi connectivity index (χ0) is 11.5. The van der Waals surface area contributed by atoms with Gasteiger partial charge in [0.2, 0.25) is 5.56 Å². The summed E-state index contributed by atoms with van der Waals surface area (Å²) in [5.74, 6) is -0.413. The number of thiazole rings is 1. The van der Waals surface area contributed by atoms with Crippen LogP contribution in [0.2, 0.25) is 0 Å². The number of hydrogen-bond donors (Lipinski definition) is 1. The molecule has 0 aromatic carbocycles. The Balaban J connectivity index is 2.42. The molecule has 0 atom stereocenters. The van der Waals surface area contributed by atoms with Crippen LogP contribution in [0.1, 0.15) is 10.4 Å². The molecule has 0 aliphatic carbocycles. The molecule has 1 N–H and O–H groups in total. The Morgan fingerprint density at radius 2 is 2.38 bits per heavy atom. The highest BCUT2D eigenvalue weighted by Gasteiger charge is 2.04. The fourth-order valence-electron chi connectivity index (χ4n) is 1.16. The van der Waals surface area contributed by atoms with Crippen LogP contribution in [0.3, 0.4) is 0 Å². The number of amides is 1. The van der Waals surface area contributed by atoms with Gasteiger partial charge in [0.1, 0.15) is 0 Å². The number of carbonyl (C=O) groups is 1. The summed E-state index contributed by atoms with van der Waals surface area (Å²) in [5, 5.41) is 1.84. The van der Waals surface area contributed by atoms with Crippen molar-refractivity contribution in [1.82, 2.24) is 9.55 Å². The highest BCUT2D eigenvalue weighted by atomic mass is 32.1. The number of aromatic nitrogens is 2. The first-order chi connectivity index (χ1) is 7.66. The molecule has 6 heteroatoms. The minimum atomic E-state index is -0.413. The van der Waals surface area contributed by atoms with E-state index < -0.39 is 5.91 Å². The number of hydrogen-bond acceptors (Lipinski definition) is 3. The van der Waals surface area contributed by atoms with E-state index in [9.17, 15) is 9.59 Å². The van der Waals surface area contributed by atoms with Crippen LogP contribution < -0.4 is 10.4 Å². The molecule has 2 heterocycles. The van der Waals surface area contributed by atoms with E-state index in [0.717, 1.165) is 0 Å². The third-order valence-electron chi connectivity index (χ3n) is 1.98. The fraction of sp³-hybridized carbons (Fsp3) is 0.100. The van der Waals surface area contributed by atoms with Crippen molar-refractivity contribution in [2.24, 2.45) is 12.0 Å². The van der Waals surface area contributed by atoms with Crippen LogP contribution in [-0.2, 0) is 7.05 Å². The van der Waals surface area contributed by atoms with Crippen molar-refractivity contribution >= 4 is 17.2 Å². The highest BCUT2D eigenvalue weighted by molar-refractivity contribution is 7.07. The van der Waals surface area contributed by atoms with Crippen LogP contribution in [0.4, 0.5) is 0 Å². The number of nitrogens with one attached hydrogen (secondary N) is 1. The summed E-state index contributed by atoms with van der Waals surface area (Å²) in [6.07, 6.45) is 3.24. The molecule has 0 unspecified atom stereocenters. The van der Waals surface area contributed by atoms with E-state index in [2.05, 4.69) is 9.98 Å². The third kappa shape index (κ3) is 2.17. The first-order valence-electron chi connectivity index (χ1n) is 4.55. The van der Waals surface area contributed by atoms with Crippen molar-refractivity contribution in [1.29, 1.82) is 0 Å². The number of nitrogens with zero attached hydrogens (tertiary/aromatic N) is 2. The molecule has 82 valence electrons. The zero-order valence-electron chi connectivity index (χ0n) is 8.51. The normalized spacial score (nSPS) is 11.7. The molecule has 0 aliphatic heterocycles. The maximum atomic E-state index is 11.7. The first-order valence-corrected chi connectivity index (χ1v) is 5.43. The van der Waals surface area contributed by atoms with Gasteiger partial charge in [0.25, 0.3) is 5.91 Å². The number of aromatic amines is 1. The van der Waals surface area contributed by atoms with Crippen LogP contribution >= 0.6 is 11.3 Å². The number of carbonyl (C=O) groups excluding carboxylic acids is 1. The minimum absolute atomic E-state index is 0.289. The third-order valence-corrected chi connectivity index (χ3v) is 2.83.